The van der Waals surface area contributed by atoms with Gasteiger partial charge in [0.25, 0.3) is 5.91 Å². The van der Waals surface area contributed by atoms with E-state index in [0.29, 0.717) is 11.6 Å². The Morgan fingerprint density at radius 2 is 1.69 bits per heavy atom. The van der Waals surface area contributed by atoms with Crippen LogP contribution in [0.2, 0.25) is 0 Å². The maximum absolute atomic E-state index is 13.3. The second-order valence-electron chi connectivity index (χ2n) is 9.61. The van der Waals surface area contributed by atoms with Gasteiger partial charge in [-0.15, -0.1) is 0 Å². The lowest BCUT2D eigenvalue weighted by Crippen LogP contribution is -2.27. The van der Waals surface area contributed by atoms with Crippen LogP contribution in [-0.2, 0) is 15.8 Å². The van der Waals surface area contributed by atoms with Crippen molar-refractivity contribution in [1.29, 1.82) is 0 Å². The molecule has 0 spiro atoms. The SMILES string of the molecule is O=C(O)CC1CCC(c2ccc(NC(=O)CCNC(=O)c3cc(-c4ccccc4C(F)(F)F)on3)cc2)CC1. The number of alkyl halides is 3. The topological polar surface area (TPSA) is 122 Å². The van der Waals surface area contributed by atoms with Crippen molar-refractivity contribution in [2.45, 2.75) is 50.6 Å². The lowest BCUT2D eigenvalue weighted by molar-refractivity contribution is -0.138. The Morgan fingerprint density at radius 1 is 1.00 bits per heavy atom. The zero-order valence-electron chi connectivity index (χ0n) is 21.0. The van der Waals surface area contributed by atoms with Crippen LogP contribution >= 0.6 is 0 Å². The number of aliphatic carboxylic acids is 1. The number of rotatable bonds is 9. The molecule has 0 aliphatic heterocycles. The van der Waals surface area contributed by atoms with E-state index in [1.54, 1.807) is 0 Å². The Balaban J connectivity index is 1.23. The second kappa shape index (κ2) is 12.1. The summed E-state index contributed by atoms with van der Waals surface area (Å²) in [6.45, 7) is -0.0103. The number of amides is 2. The van der Waals surface area contributed by atoms with Gasteiger partial charge in [-0.3, -0.25) is 14.4 Å². The van der Waals surface area contributed by atoms with Gasteiger partial charge in [-0.05, 0) is 61.3 Å². The number of hydrogen-bond acceptors (Lipinski definition) is 5. The molecular formula is C28H28F3N3O5. The smallest absolute Gasteiger partial charge is 0.417 e. The first kappa shape index (κ1) is 27.9. The molecule has 0 radical (unpaired) electrons. The number of carbonyl (C=O) groups is 3. The average Bonchev–Trinajstić information content (AvgIpc) is 3.39. The number of carboxylic acid groups (broad SMARTS) is 1. The van der Waals surface area contributed by atoms with E-state index >= 15 is 0 Å². The van der Waals surface area contributed by atoms with Gasteiger partial charge in [-0.25, -0.2) is 0 Å². The van der Waals surface area contributed by atoms with E-state index in [1.807, 2.05) is 24.3 Å². The summed E-state index contributed by atoms with van der Waals surface area (Å²) >= 11 is 0. The molecule has 0 saturated heterocycles. The molecule has 1 aliphatic rings. The quantitative estimate of drug-likeness (QED) is 0.311. The predicted octanol–water partition coefficient (Wildman–Crippen LogP) is 5.87. The largest absolute Gasteiger partial charge is 0.481 e. The summed E-state index contributed by atoms with van der Waals surface area (Å²) in [7, 11) is 0. The molecule has 0 bridgehead atoms. The van der Waals surface area contributed by atoms with E-state index in [9.17, 15) is 27.6 Å². The molecule has 1 aliphatic carbocycles. The van der Waals surface area contributed by atoms with E-state index < -0.39 is 23.6 Å². The Labute approximate surface area is 222 Å². The fraction of sp³-hybridized carbons (Fsp3) is 0.357. The Bertz CT molecular complexity index is 1310. The second-order valence-corrected chi connectivity index (χ2v) is 9.61. The third kappa shape index (κ3) is 7.46. The highest BCUT2D eigenvalue weighted by Crippen LogP contribution is 2.38. The maximum Gasteiger partial charge on any atom is 0.417 e. The number of nitrogens with zero attached hydrogens (tertiary/aromatic N) is 1. The summed E-state index contributed by atoms with van der Waals surface area (Å²) in [5.74, 6) is -1.34. The molecule has 39 heavy (non-hydrogen) atoms. The summed E-state index contributed by atoms with van der Waals surface area (Å²) < 4.78 is 44.7. The minimum absolute atomic E-state index is 0.0103. The lowest BCUT2D eigenvalue weighted by atomic mass is 9.77. The maximum atomic E-state index is 13.3. The van der Waals surface area contributed by atoms with Crippen LogP contribution in [0, 0.1) is 5.92 Å². The monoisotopic (exact) mass is 543 g/mol. The molecule has 2 amide bonds. The fourth-order valence-electron chi connectivity index (χ4n) is 4.84. The average molecular weight is 544 g/mol. The van der Waals surface area contributed by atoms with Gasteiger partial charge in [0, 0.05) is 36.7 Å². The molecule has 206 valence electrons. The first-order chi connectivity index (χ1) is 18.6. The zero-order valence-corrected chi connectivity index (χ0v) is 21.0. The van der Waals surface area contributed by atoms with Crippen molar-refractivity contribution in [2.75, 3.05) is 11.9 Å². The number of hydrogen-bond donors (Lipinski definition) is 3. The first-order valence-electron chi connectivity index (χ1n) is 12.6. The predicted molar refractivity (Wildman–Crippen MR) is 136 cm³/mol. The van der Waals surface area contributed by atoms with Crippen LogP contribution in [0.25, 0.3) is 11.3 Å². The molecule has 1 fully saturated rings. The van der Waals surface area contributed by atoms with Gasteiger partial charge < -0.3 is 20.3 Å². The van der Waals surface area contributed by atoms with Crippen molar-refractivity contribution < 1.29 is 37.2 Å². The van der Waals surface area contributed by atoms with Crippen LogP contribution in [0.1, 0.15) is 66.1 Å². The molecule has 1 heterocycles. The van der Waals surface area contributed by atoms with Crippen molar-refractivity contribution >= 4 is 23.5 Å². The molecule has 1 aromatic heterocycles. The molecule has 2 aromatic carbocycles. The molecule has 8 nitrogen and oxygen atoms in total. The summed E-state index contributed by atoms with van der Waals surface area (Å²) in [4.78, 5) is 35.6. The number of carbonyl (C=O) groups excluding carboxylic acids is 2. The van der Waals surface area contributed by atoms with Crippen molar-refractivity contribution in [3.8, 4) is 11.3 Å². The van der Waals surface area contributed by atoms with Gasteiger partial charge in [0.2, 0.25) is 5.91 Å². The molecule has 0 atom stereocenters. The van der Waals surface area contributed by atoms with Crippen LogP contribution in [-0.4, -0.2) is 34.6 Å². The zero-order chi connectivity index (χ0) is 28.0. The molecule has 4 rings (SSSR count). The van der Waals surface area contributed by atoms with Gasteiger partial charge in [0.15, 0.2) is 11.5 Å². The molecular weight excluding hydrogens is 515 g/mol. The standard InChI is InChI=1S/C28H28F3N3O5/c29-28(30,31)22-4-2-1-3-21(22)24-16-23(34-39-24)27(38)32-14-13-25(35)33-20-11-9-19(10-12-20)18-7-5-17(6-8-18)15-26(36)37/h1-4,9-12,16-18H,5-8,13-15H2,(H,32,38)(H,33,35)(H,36,37). The minimum Gasteiger partial charge on any atom is -0.481 e. The fourth-order valence-corrected chi connectivity index (χ4v) is 4.84. The third-order valence-electron chi connectivity index (χ3n) is 6.85. The molecule has 11 heteroatoms. The van der Waals surface area contributed by atoms with Crippen LogP contribution < -0.4 is 10.6 Å². The van der Waals surface area contributed by atoms with E-state index in [-0.39, 0.29) is 48.2 Å². The van der Waals surface area contributed by atoms with Crippen LogP contribution in [0.3, 0.4) is 0 Å². The van der Waals surface area contributed by atoms with Crippen molar-refractivity contribution in [3.63, 3.8) is 0 Å². The molecule has 1 saturated carbocycles. The van der Waals surface area contributed by atoms with Crippen LogP contribution in [0.5, 0.6) is 0 Å². The van der Waals surface area contributed by atoms with Gasteiger partial charge >= 0.3 is 12.1 Å². The number of halogens is 3. The highest BCUT2D eigenvalue weighted by atomic mass is 19.4. The highest BCUT2D eigenvalue weighted by Gasteiger charge is 2.34. The normalized spacial score (nSPS) is 17.4. The molecule has 3 N–H and O–H groups in total. The van der Waals surface area contributed by atoms with Gasteiger partial charge in [0.1, 0.15) is 0 Å². The number of aromatic nitrogens is 1. The van der Waals surface area contributed by atoms with E-state index in [4.69, 9.17) is 9.63 Å². The summed E-state index contributed by atoms with van der Waals surface area (Å²) in [6, 6.07) is 13.5. The number of nitrogens with one attached hydrogen (secondary N) is 2. The first-order valence-corrected chi connectivity index (χ1v) is 12.6. The molecule has 0 unspecified atom stereocenters. The van der Waals surface area contributed by atoms with Gasteiger partial charge in [-0.1, -0.05) is 35.5 Å². The Hall–Kier alpha value is -4.15. The summed E-state index contributed by atoms with van der Waals surface area (Å²) in [5, 5.41) is 17.8. The minimum atomic E-state index is -4.59. The Morgan fingerprint density at radius 3 is 2.36 bits per heavy atom. The van der Waals surface area contributed by atoms with E-state index in [2.05, 4.69) is 15.8 Å². The summed E-state index contributed by atoms with van der Waals surface area (Å²) in [6.07, 6.45) is -0.759. The van der Waals surface area contributed by atoms with Crippen molar-refractivity contribution in [3.05, 3.63) is 71.4 Å². The van der Waals surface area contributed by atoms with Gasteiger partial charge in [0.05, 0.1) is 5.56 Å². The third-order valence-corrected chi connectivity index (χ3v) is 6.85. The van der Waals surface area contributed by atoms with E-state index in [0.717, 1.165) is 43.4 Å². The highest BCUT2D eigenvalue weighted by molar-refractivity contribution is 5.94. The summed E-state index contributed by atoms with van der Waals surface area (Å²) in [5.41, 5.74) is 0.432. The van der Waals surface area contributed by atoms with Gasteiger partial charge in [-0.2, -0.15) is 13.2 Å². The lowest BCUT2D eigenvalue weighted by Gasteiger charge is -2.28. The molecule has 3 aromatic rings. The Kier molecular flexibility index (Phi) is 8.68. The van der Waals surface area contributed by atoms with E-state index in [1.165, 1.54) is 18.2 Å². The number of carboxylic acids is 1. The number of benzene rings is 2. The van der Waals surface area contributed by atoms with Crippen molar-refractivity contribution in [2.24, 2.45) is 5.92 Å². The van der Waals surface area contributed by atoms with Crippen molar-refractivity contribution in [1.82, 2.24) is 10.5 Å². The van der Waals surface area contributed by atoms with Crippen LogP contribution in [0.15, 0.2) is 59.1 Å². The van der Waals surface area contributed by atoms with Crippen LogP contribution in [0.4, 0.5) is 18.9 Å². The number of anilines is 1.